The van der Waals surface area contributed by atoms with Crippen molar-refractivity contribution in [2.45, 2.75) is 6.42 Å². The zero-order chi connectivity index (χ0) is 21.2. The van der Waals surface area contributed by atoms with Gasteiger partial charge in [-0.3, -0.25) is 19.4 Å². The molecule has 3 heterocycles. The summed E-state index contributed by atoms with van der Waals surface area (Å²) >= 11 is 0. The smallest absolute Gasteiger partial charge is 0.280 e. The van der Waals surface area contributed by atoms with Gasteiger partial charge in [-0.1, -0.05) is 48.5 Å². The molecule has 2 aromatic carbocycles. The predicted octanol–water partition coefficient (Wildman–Crippen LogP) is 2.86. The van der Waals surface area contributed by atoms with Gasteiger partial charge in [-0.25, -0.2) is 4.68 Å². The number of carbonyl (C=O) groups is 2. The van der Waals surface area contributed by atoms with Gasteiger partial charge in [0.15, 0.2) is 0 Å². The first-order chi connectivity index (χ1) is 15.2. The number of fused-ring (bicyclic) bond motifs is 1. The first kappa shape index (κ1) is 19.7. The monoisotopic (exact) mass is 416 g/mol. The zero-order valence-electron chi connectivity index (χ0n) is 17.2. The Morgan fingerprint density at radius 3 is 2.23 bits per heavy atom. The lowest BCUT2D eigenvalue weighted by atomic mass is 10.1. The van der Waals surface area contributed by atoms with Gasteiger partial charge in [-0.2, -0.15) is 5.10 Å². The maximum atomic E-state index is 13.3. The van der Waals surface area contributed by atoms with Crippen LogP contribution in [0.15, 0.2) is 60.7 Å². The van der Waals surface area contributed by atoms with E-state index in [9.17, 15) is 9.59 Å². The number of nitrogens with zero attached hydrogens (tertiary/aromatic N) is 4. The molecular formula is C24H24N4O3. The van der Waals surface area contributed by atoms with E-state index in [2.05, 4.69) is 10.00 Å². The number of hydrogen-bond acceptors (Lipinski definition) is 5. The topological polar surface area (TPSA) is 67.7 Å². The molecule has 0 N–H and O–H groups in total. The Kier molecular flexibility index (Phi) is 5.36. The lowest BCUT2D eigenvalue weighted by Crippen LogP contribution is -2.39. The third-order valence-corrected chi connectivity index (χ3v) is 5.80. The highest BCUT2D eigenvalue weighted by Gasteiger charge is 2.42. The maximum Gasteiger partial charge on any atom is 0.280 e. The quantitative estimate of drug-likeness (QED) is 0.578. The molecule has 0 radical (unpaired) electrons. The van der Waals surface area contributed by atoms with Crippen molar-refractivity contribution < 1.29 is 14.3 Å². The highest BCUT2D eigenvalue weighted by molar-refractivity contribution is 6.23. The molecule has 31 heavy (non-hydrogen) atoms. The van der Waals surface area contributed by atoms with Crippen LogP contribution in [-0.2, 0) is 4.74 Å². The van der Waals surface area contributed by atoms with Crippen LogP contribution in [0.2, 0.25) is 0 Å². The van der Waals surface area contributed by atoms with Gasteiger partial charge < -0.3 is 4.74 Å². The molecule has 1 fully saturated rings. The minimum absolute atomic E-state index is 0.261. The summed E-state index contributed by atoms with van der Waals surface area (Å²) in [6.07, 6.45) is 0.737. The number of ether oxygens (including phenoxy) is 1. The number of carbonyl (C=O) groups excluding carboxylic acids is 2. The summed E-state index contributed by atoms with van der Waals surface area (Å²) in [5.74, 6) is -0.538. The Balaban J connectivity index is 1.46. The number of amides is 2. The molecule has 158 valence electrons. The van der Waals surface area contributed by atoms with Crippen molar-refractivity contribution in [3.05, 3.63) is 71.9 Å². The van der Waals surface area contributed by atoms with E-state index in [1.165, 1.54) is 4.90 Å². The molecule has 7 nitrogen and oxygen atoms in total. The fraction of sp³-hybridized carbons (Fsp3) is 0.292. The molecule has 0 unspecified atom stereocenters. The Morgan fingerprint density at radius 1 is 0.839 bits per heavy atom. The Hall–Kier alpha value is -3.29. The lowest BCUT2D eigenvalue weighted by Gasteiger charge is -2.27. The largest absolute Gasteiger partial charge is 0.379 e. The fourth-order valence-electron chi connectivity index (χ4n) is 4.21. The van der Waals surface area contributed by atoms with Crippen LogP contribution in [0.5, 0.6) is 0 Å². The van der Waals surface area contributed by atoms with Crippen molar-refractivity contribution in [3.8, 4) is 16.9 Å². The Bertz CT molecular complexity index is 1010. The van der Waals surface area contributed by atoms with Gasteiger partial charge in [-0.05, 0) is 18.6 Å². The molecule has 3 aromatic rings. The summed E-state index contributed by atoms with van der Waals surface area (Å²) in [5, 5.41) is 4.69. The van der Waals surface area contributed by atoms with E-state index in [-0.39, 0.29) is 11.8 Å². The average Bonchev–Trinajstić information content (AvgIpc) is 3.33. The molecule has 7 heteroatoms. The predicted molar refractivity (Wildman–Crippen MR) is 116 cm³/mol. The summed E-state index contributed by atoms with van der Waals surface area (Å²) in [6, 6.07) is 19.0. The molecule has 1 saturated heterocycles. The second kappa shape index (κ2) is 8.45. The molecular weight excluding hydrogens is 392 g/mol. The second-order valence-corrected chi connectivity index (χ2v) is 7.76. The third kappa shape index (κ3) is 3.66. The van der Waals surface area contributed by atoms with Gasteiger partial charge in [-0.15, -0.1) is 0 Å². The van der Waals surface area contributed by atoms with E-state index < -0.39 is 0 Å². The molecule has 5 rings (SSSR count). The highest BCUT2D eigenvalue weighted by atomic mass is 16.5. The molecule has 1 aromatic heterocycles. The molecule has 0 spiro atoms. The standard InChI is InChI=1S/C24H24N4O3/c29-23-20-21(18-8-3-1-4-9-18)25-28(19-10-5-2-6-11-19)22(20)24(30)27(23)13-7-12-26-14-16-31-17-15-26/h1-6,8-11H,7,12-17H2. The van der Waals surface area contributed by atoms with Gasteiger partial charge >= 0.3 is 0 Å². The van der Waals surface area contributed by atoms with Crippen LogP contribution >= 0.6 is 0 Å². The molecule has 0 atom stereocenters. The number of hydrogen-bond donors (Lipinski definition) is 0. The van der Waals surface area contributed by atoms with Crippen LogP contribution in [-0.4, -0.2) is 70.8 Å². The van der Waals surface area contributed by atoms with E-state index in [1.807, 2.05) is 60.7 Å². The van der Waals surface area contributed by atoms with Crippen molar-refractivity contribution >= 4 is 11.8 Å². The molecule has 0 bridgehead atoms. The Morgan fingerprint density at radius 2 is 1.52 bits per heavy atom. The SMILES string of the molecule is O=C1c2c(-c3ccccc3)nn(-c3ccccc3)c2C(=O)N1CCCN1CCOCC1. The maximum absolute atomic E-state index is 13.3. The average molecular weight is 416 g/mol. The van der Waals surface area contributed by atoms with Crippen LogP contribution < -0.4 is 0 Å². The lowest BCUT2D eigenvalue weighted by molar-refractivity contribution is 0.0355. The van der Waals surface area contributed by atoms with E-state index in [0.29, 0.717) is 23.5 Å². The van der Waals surface area contributed by atoms with E-state index >= 15 is 0 Å². The van der Waals surface area contributed by atoms with Crippen LogP contribution in [0.25, 0.3) is 16.9 Å². The number of imide groups is 1. The number of benzene rings is 2. The van der Waals surface area contributed by atoms with Crippen molar-refractivity contribution in [3.63, 3.8) is 0 Å². The first-order valence-electron chi connectivity index (χ1n) is 10.6. The summed E-state index contributed by atoms with van der Waals surface area (Å²) < 4.78 is 7.00. The minimum Gasteiger partial charge on any atom is -0.379 e. The van der Waals surface area contributed by atoms with Crippen molar-refractivity contribution in [1.82, 2.24) is 19.6 Å². The van der Waals surface area contributed by atoms with Gasteiger partial charge in [0.25, 0.3) is 11.8 Å². The third-order valence-electron chi connectivity index (χ3n) is 5.80. The fourth-order valence-corrected chi connectivity index (χ4v) is 4.21. The molecule has 2 aliphatic rings. The molecule has 2 aliphatic heterocycles. The van der Waals surface area contributed by atoms with Gasteiger partial charge in [0.2, 0.25) is 0 Å². The van der Waals surface area contributed by atoms with E-state index in [4.69, 9.17) is 4.74 Å². The van der Waals surface area contributed by atoms with Crippen LogP contribution in [0, 0.1) is 0 Å². The van der Waals surface area contributed by atoms with E-state index in [0.717, 1.165) is 50.5 Å². The molecule has 2 amide bonds. The normalized spacial score (nSPS) is 16.7. The highest BCUT2D eigenvalue weighted by Crippen LogP contribution is 2.34. The Labute approximate surface area is 180 Å². The zero-order valence-corrected chi connectivity index (χ0v) is 17.2. The van der Waals surface area contributed by atoms with Gasteiger partial charge in [0.05, 0.1) is 24.5 Å². The number of morpholine rings is 1. The van der Waals surface area contributed by atoms with Crippen molar-refractivity contribution in [2.24, 2.45) is 0 Å². The molecule has 0 saturated carbocycles. The first-order valence-corrected chi connectivity index (χ1v) is 10.6. The number of rotatable bonds is 6. The van der Waals surface area contributed by atoms with Crippen LogP contribution in [0.1, 0.15) is 27.3 Å². The minimum atomic E-state index is -0.277. The summed E-state index contributed by atoms with van der Waals surface area (Å²) in [4.78, 5) is 30.4. The summed E-state index contributed by atoms with van der Waals surface area (Å²) in [7, 11) is 0. The van der Waals surface area contributed by atoms with Gasteiger partial charge in [0, 0.05) is 31.7 Å². The molecule has 0 aliphatic carbocycles. The number of aromatic nitrogens is 2. The van der Waals surface area contributed by atoms with Gasteiger partial charge in [0.1, 0.15) is 11.4 Å². The van der Waals surface area contributed by atoms with Crippen LogP contribution in [0.4, 0.5) is 0 Å². The summed E-state index contributed by atoms with van der Waals surface area (Å²) in [6.45, 7) is 4.49. The summed E-state index contributed by atoms with van der Waals surface area (Å²) in [5.41, 5.74) is 2.88. The van der Waals surface area contributed by atoms with E-state index in [1.54, 1.807) is 4.68 Å². The van der Waals surface area contributed by atoms with Crippen molar-refractivity contribution in [1.29, 1.82) is 0 Å². The second-order valence-electron chi connectivity index (χ2n) is 7.76. The van der Waals surface area contributed by atoms with Crippen molar-refractivity contribution in [2.75, 3.05) is 39.4 Å². The number of para-hydroxylation sites is 1. The van der Waals surface area contributed by atoms with Crippen LogP contribution in [0.3, 0.4) is 0 Å².